The summed E-state index contributed by atoms with van der Waals surface area (Å²) in [5.41, 5.74) is 0.846. The first-order valence-corrected chi connectivity index (χ1v) is 7.45. The Morgan fingerprint density at radius 2 is 1.89 bits per heavy atom. The van der Waals surface area contributed by atoms with Crippen LogP contribution in [0.1, 0.15) is 38.5 Å². The Labute approximate surface area is 120 Å². The molecule has 0 amide bonds. The van der Waals surface area contributed by atoms with Crippen LogP contribution in [0.4, 0.5) is 11.4 Å². The molecule has 1 aromatic rings. The van der Waals surface area contributed by atoms with Crippen molar-refractivity contribution in [3.63, 3.8) is 0 Å². The molecule has 0 aliphatic heterocycles. The van der Waals surface area contributed by atoms with Crippen LogP contribution in [0.2, 0.25) is 0 Å². The predicted molar refractivity (Wildman–Crippen MR) is 80.9 cm³/mol. The lowest BCUT2D eigenvalue weighted by atomic mass is 10.1. The zero-order valence-electron chi connectivity index (χ0n) is 10.2. The van der Waals surface area contributed by atoms with Gasteiger partial charge in [0.05, 0.1) is 4.92 Å². The van der Waals surface area contributed by atoms with Gasteiger partial charge in [0, 0.05) is 15.7 Å². The Kier molecular flexibility index (Phi) is 4.79. The van der Waals surface area contributed by atoms with Crippen molar-refractivity contribution in [1.29, 1.82) is 0 Å². The van der Waals surface area contributed by atoms with Crippen molar-refractivity contribution in [1.82, 2.24) is 0 Å². The van der Waals surface area contributed by atoms with Crippen molar-refractivity contribution >= 4 is 34.0 Å². The Bertz CT molecular complexity index is 429. The fourth-order valence-electron chi connectivity index (χ4n) is 2.42. The van der Waals surface area contributed by atoms with Crippen LogP contribution in [0.25, 0.3) is 0 Å². The molecule has 0 radical (unpaired) electrons. The van der Waals surface area contributed by atoms with E-state index in [2.05, 4.69) is 27.9 Å². The average molecular weight is 360 g/mol. The summed E-state index contributed by atoms with van der Waals surface area (Å²) in [7, 11) is 0. The van der Waals surface area contributed by atoms with Crippen LogP contribution < -0.4 is 5.32 Å². The molecule has 98 valence electrons. The van der Waals surface area contributed by atoms with Gasteiger partial charge in [-0.25, -0.2) is 0 Å². The number of anilines is 1. The van der Waals surface area contributed by atoms with Crippen LogP contribution in [0.3, 0.4) is 0 Å². The van der Waals surface area contributed by atoms with E-state index in [1.165, 1.54) is 25.7 Å². The van der Waals surface area contributed by atoms with Gasteiger partial charge < -0.3 is 5.32 Å². The van der Waals surface area contributed by atoms with Crippen molar-refractivity contribution in [3.05, 3.63) is 31.9 Å². The van der Waals surface area contributed by atoms with Crippen molar-refractivity contribution < 1.29 is 4.92 Å². The lowest BCUT2D eigenvalue weighted by molar-refractivity contribution is -0.384. The summed E-state index contributed by atoms with van der Waals surface area (Å²) in [5, 5.41) is 14.4. The molecule has 0 aromatic heterocycles. The van der Waals surface area contributed by atoms with E-state index >= 15 is 0 Å². The van der Waals surface area contributed by atoms with E-state index in [1.807, 2.05) is 12.1 Å². The quantitative estimate of drug-likeness (QED) is 0.378. The van der Waals surface area contributed by atoms with Crippen molar-refractivity contribution in [3.8, 4) is 0 Å². The minimum atomic E-state index is -0.304. The molecule has 1 aromatic carbocycles. The molecule has 0 heterocycles. The smallest absolute Gasteiger partial charge is 0.293 e. The molecule has 0 atom stereocenters. The first kappa shape index (κ1) is 13.6. The third-order valence-corrected chi connectivity index (χ3v) is 4.04. The lowest BCUT2D eigenvalue weighted by Crippen LogP contribution is -2.19. The number of nitrogens with one attached hydrogen (secondary N) is 1. The fraction of sp³-hybridized carbons (Fsp3) is 0.538. The third kappa shape index (κ3) is 3.57. The first-order chi connectivity index (χ1) is 8.66. The zero-order chi connectivity index (χ0) is 13.0. The van der Waals surface area contributed by atoms with Gasteiger partial charge in [-0.1, -0.05) is 25.7 Å². The maximum Gasteiger partial charge on any atom is 0.293 e. The summed E-state index contributed by atoms with van der Waals surface area (Å²) in [6, 6.07) is 5.74. The molecule has 0 unspecified atom stereocenters. The van der Waals surface area contributed by atoms with E-state index in [0.29, 0.717) is 11.7 Å². The van der Waals surface area contributed by atoms with Gasteiger partial charge in [-0.2, -0.15) is 0 Å². The number of nitrogens with zero attached hydrogens (tertiary/aromatic N) is 1. The minimum Gasteiger partial charge on any atom is -0.377 e. The van der Waals surface area contributed by atoms with E-state index in [1.54, 1.807) is 6.07 Å². The van der Waals surface area contributed by atoms with Crippen LogP contribution in [0.15, 0.2) is 18.2 Å². The highest BCUT2D eigenvalue weighted by Crippen LogP contribution is 2.29. The summed E-state index contributed by atoms with van der Waals surface area (Å²) >= 11 is 2.10. The maximum atomic E-state index is 11.0. The molecule has 1 N–H and O–H groups in total. The maximum absolute atomic E-state index is 11.0. The molecular formula is C13H17IN2O2. The number of hydrogen-bond donors (Lipinski definition) is 1. The van der Waals surface area contributed by atoms with E-state index in [9.17, 15) is 10.1 Å². The Morgan fingerprint density at radius 1 is 1.22 bits per heavy atom. The standard InChI is InChI=1S/C13H17IN2O2/c14-10-7-8-12(13(9-10)16(17)18)15-11-5-3-1-2-4-6-11/h7-9,11,15H,1-6H2. The van der Waals surface area contributed by atoms with E-state index in [-0.39, 0.29) is 10.6 Å². The second-order valence-electron chi connectivity index (χ2n) is 4.75. The number of nitro benzene ring substituents is 1. The Hall–Kier alpha value is -0.850. The number of benzene rings is 1. The molecule has 4 nitrogen and oxygen atoms in total. The lowest BCUT2D eigenvalue weighted by Gasteiger charge is -2.17. The van der Waals surface area contributed by atoms with Crippen LogP contribution in [0.5, 0.6) is 0 Å². The monoisotopic (exact) mass is 360 g/mol. The van der Waals surface area contributed by atoms with Gasteiger partial charge in [0.15, 0.2) is 0 Å². The second-order valence-corrected chi connectivity index (χ2v) is 6.00. The van der Waals surface area contributed by atoms with Crippen molar-refractivity contribution in [2.24, 2.45) is 0 Å². The third-order valence-electron chi connectivity index (χ3n) is 3.37. The van der Waals surface area contributed by atoms with E-state index in [4.69, 9.17) is 0 Å². The van der Waals surface area contributed by atoms with Crippen molar-refractivity contribution in [2.45, 2.75) is 44.6 Å². The highest BCUT2D eigenvalue weighted by molar-refractivity contribution is 14.1. The zero-order valence-corrected chi connectivity index (χ0v) is 12.4. The highest BCUT2D eigenvalue weighted by atomic mass is 127. The molecule has 1 saturated carbocycles. The van der Waals surface area contributed by atoms with Gasteiger partial charge in [-0.05, 0) is 47.6 Å². The molecule has 0 spiro atoms. The SMILES string of the molecule is O=[N+]([O-])c1cc(I)ccc1NC1CCCCCC1. The van der Waals surface area contributed by atoms with Crippen LogP contribution in [-0.4, -0.2) is 11.0 Å². The second kappa shape index (κ2) is 6.36. The molecule has 1 fully saturated rings. The minimum absolute atomic E-state index is 0.186. The van der Waals surface area contributed by atoms with Crippen LogP contribution >= 0.6 is 22.6 Å². The summed E-state index contributed by atoms with van der Waals surface area (Å²) in [5.74, 6) is 0. The summed E-state index contributed by atoms with van der Waals surface area (Å²) < 4.78 is 0.894. The number of nitro groups is 1. The molecule has 18 heavy (non-hydrogen) atoms. The molecule has 0 saturated heterocycles. The normalized spacial score (nSPS) is 17.2. The van der Waals surface area contributed by atoms with Gasteiger partial charge in [-0.3, -0.25) is 10.1 Å². The van der Waals surface area contributed by atoms with Crippen LogP contribution in [-0.2, 0) is 0 Å². The summed E-state index contributed by atoms with van der Waals surface area (Å²) in [6.45, 7) is 0. The number of hydrogen-bond acceptors (Lipinski definition) is 3. The van der Waals surface area contributed by atoms with Gasteiger partial charge in [0.2, 0.25) is 0 Å². The molecule has 1 aliphatic rings. The predicted octanol–water partition coefficient (Wildman–Crippen LogP) is 4.33. The largest absolute Gasteiger partial charge is 0.377 e. The molecule has 0 bridgehead atoms. The first-order valence-electron chi connectivity index (χ1n) is 6.37. The molecular weight excluding hydrogens is 343 g/mol. The molecule has 5 heteroatoms. The van der Waals surface area contributed by atoms with Crippen molar-refractivity contribution in [2.75, 3.05) is 5.32 Å². The van der Waals surface area contributed by atoms with Crippen LogP contribution in [0, 0.1) is 13.7 Å². The number of halogens is 1. The van der Waals surface area contributed by atoms with Gasteiger partial charge in [0.1, 0.15) is 5.69 Å². The molecule has 2 rings (SSSR count). The van der Waals surface area contributed by atoms with Gasteiger partial charge in [0.25, 0.3) is 5.69 Å². The average Bonchev–Trinajstić information content (AvgIpc) is 2.60. The van der Waals surface area contributed by atoms with Gasteiger partial charge in [-0.15, -0.1) is 0 Å². The molecule has 1 aliphatic carbocycles. The highest BCUT2D eigenvalue weighted by Gasteiger charge is 2.18. The van der Waals surface area contributed by atoms with E-state index in [0.717, 1.165) is 16.4 Å². The summed E-state index contributed by atoms with van der Waals surface area (Å²) in [4.78, 5) is 10.7. The summed E-state index contributed by atoms with van der Waals surface area (Å²) in [6.07, 6.45) is 7.23. The van der Waals surface area contributed by atoms with E-state index < -0.39 is 0 Å². The number of rotatable bonds is 3. The fourth-order valence-corrected chi connectivity index (χ4v) is 2.90. The topological polar surface area (TPSA) is 55.2 Å². The Morgan fingerprint density at radius 3 is 2.50 bits per heavy atom. The Balaban J connectivity index is 2.14. The van der Waals surface area contributed by atoms with Gasteiger partial charge >= 0.3 is 0 Å².